The van der Waals surface area contributed by atoms with Crippen molar-refractivity contribution in [2.75, 3.05) is 5.73 Å². The number of benzene rings is 1. The molecule has 0 saturated heterocycles. The Balaban J connectivity index is 2.82. The summed E-state index contributed by atoms with van der Waals surface area (Å²) in [5.41, 5.74) is 8.90. The van der Waals surface area contributed by atoms with Crippen molar-refractivity contribution in [2.24, 2.45) is 0 Å². The van der Waals surface area contributed by atoms with Gasteiger partial charge in [-0.3, -0.25) is 4.98 Å². The highest BCUT2D eigenvalue weighted by atomic mass is 79.9. The van der Waals surface area contributed by atoms with Crippen molar-refractivity contribution in [3.8, 4) is 0 Å². The summed E-state index contributed by atoms with van der Waals surface area (Å²) >= 11 is 3.44. The van der Waals surface area contributed by atoms with Crippen LogP contribution in [0.5, 0.6) is 0 Å². The molecule has 2 N–H and O–H groups in total. The molecule has 3 heteroatoms. The zero-order valence-electron chi connectivity index (χ0n) is 8.79. The first-order valence-corrected chi connectivity index (χ1v) is 5.72. The van der Waals surface area contributed by atoms with Gasteiger partial charge in [0.1, 0.15) is 0 Å². The maximum absolute atomic E-state index is 5.95. The number of nitrogens with zero attached hydrogens (tertiary/aromatic N) is 1. The fourth-order valence-electron chi connectivity index (χ4n) is 1.85. The van der Waals surface area contributed by atoms with Crippen LogP contribution in [-0.2, 0) is 0 Å². The van der Waals surface area contributed by atoms with E-state index in [4.69, 9.17) is 5.73 Å². The zero-order valence-corrected chi connectivity index (χ0v) is 10.4. The average molecular weight is 265 g/mol. The van der Waals surface area contributed by atoms with E-state index in [0.29, 0.717) is 5.92 Å². The van der Waals surface area contributed by atoms with E-state index < -0.39 is 0 Å². The van der Waals surface area contributed by atoms with E-state index in [9.17, 15) is 0 Å². The second-order valence-electron chi connectivity index (χ2n) is 3.94. The molecule has 0 amide bonds. The molecule has 1 aromatic heterocycles. The van der Waals surface area contributed by atoms with Gasteiger partial charge in [-0.25, -0.2) is 0 Å². The van der Waals surface area contributed by atoms with Crippen molar-refractivity contribution in [2.45, 2.75) is 19.8 Å². The lowest BCUT2D eigenvalue weighted by molar-refractivity contribution is 0.877. The lowest BCUT2D eigenvalue weighted by Gasteiger charge is -2.12. The van der Waals surface area contributed by atoms with Crippen molar-refractivity contribution in [3.05, 3.63) is 34.4 Å². The van der Waals surface area contributed by atoms with Gasteiger partial charge in [0.05, 0.1) is 17.4 Å². The molecule has 2 nitrogen and oxygen atoms in total. The summed E-state index contributed by atoms with van der Waals surface area (Å²) in [7, 11) is 0. The predicted molar refractivity (Wildman–Crippen MR) is 67.9 cm³/mol. The molecule has 2 aromatic rings. The molecule has 0 spiro atoms. The second kappa shape index (κ2) is 3.81. The Labute approximate surface area is 97.6 Å². The number of pyridine rings is 1. The molecule has 0 atom stereocenters. The van der Waals surface area contributed by atoms with Crippen molar-refractivity contribution >= 4 is 32.5 Å². The van der Waals surface area contributed by atoms with Gasteiger partial charge in [0.2, 0.25) is 0 Å². The highest BCUT2D eigenvalue weighted by Crippen LogP contribution is 2.30. The van der Waals surface area contributed by atoms with E-state index in [1.54, 1.807) is 6.20 Å². The van der Waals surface area contributed by atoms with E-state index >= 15 is 0 Å². The van der Waals surface area contributed by atoms with Gasteiger partial charge in [-0.2, -0.15) is 0 Å². The summed E-state index contributed by atoms with van der Waals surface area (Å²) in [6.45, 7) is 4.29. The number of anilines is 1. The number of fused-ring (bicyclic) bond motifs is 1. The molecule has 0 radical (unpaired) electrons. The maximum atomic E-state index is 5.95. The third-order valence-electron chi connectivity index (χ3n) is 2.48. The molecule has 1 aromatic carbocycles. The highest BCUT2D eigenvalue weighted by molar-refractivity contribution is 9.10. The summed E-state index contributed by atoms with van der Waals surface area (Å²) in [4.78, 5) is 4.33. The van der Waals surface area contributed by atoms with Gasteiger partial charge in [0, 0.05) is 9.86 Å². The van der Waals surface area contributed by atoms with Crippen LogP contribution in [0.3, 0.4) is 0 Å². The number of nitrogens with two attached hydrogens (primary N) is 1. The monoisotopic (exact) mass is 264 g/mol. The highest BCUT2D eigenvalue weighted by Gasteiger charge is 2.09. The lowest BCUT2D eigenvalue weighted by Crippen LogP contribution is -1.99. The number of nitrogen functional groups attached to an aromatic ring is 1. The first kappa shape index (κ1) is 10.4. The van der Waals surface area contributed by atoms with Crippen LogP contribution in [-0.4, -0.2) is 4.98 Å². The Bertz CT molecular complexity index is 506. The van der Waals surface area contributed by atoms with E-state index in [0.717, 1.165) is 21.1 Å². The van der Waals surface area contributed by atoms with Crippen molar-refractivity contribution in [1.82, 2.24) is 4.98 Å². The standard InChI is InChI=1S/C12H13BrN2/c1-7(2)12-9-4-3-8(13)5-11(9)15-6-10(12)14/h3-7H,14H2,1-2H3. The van der Waals surface area contributed by atoms with Gasteiger partial charge in [-0.15, -0.1) is 0 Å². The van der Waals surface area contributed by atoms with Gasteiger partial charge < -0.3 is 5.73 Å². The number of aromatic nitrogens is 1. The molecule has 1 heterocycles. The first-order chi connectivity index (χ1) is 7.09. The van der Waals surface area contributed by atoms with E-state index in [2.05, 4.69) is 40.8 Å². The van der Waals surface area contributed by atoms with Gasteiger partial charge in [0.25, 0.3) is 0 Å². The number of rotatable bonds is 1. The molecule has 0 bridgehead atoms. The SMILES string of the molecule is CC(C)c1c(N)cnc2cc(Br)ccc12. The topological polar surface area (TPSA) is 38.9 Å². The molecular formula is C12H13BrN2. The molecular weight excluding hydrogens is 252 g/mol. The Kier molecular flexibility index (Phi) is 2.65. The van der Waals surface area contributed by atoms with Crippen LogP contribution in [0.15, 0.2) is 28.9 Å². The number of hydrogen-bond donors (Lipinski definition) is 1. The summed E-state index contributed by atoms with van der Waals surface area (Å²) < 4.78 is 1.04. The van der Waals surface area contributed by atoms with Gasteiger partial charge >= 0.3 is 0 Å². The number of hydrogen-bond acceptors (Lipinski definition) is 2. The Morgan fingerprint density at radius 1 is 1.33 bits per heavy atom. The average Bonchev–Trinajstić information content (AvgIpc) is 2.17. The molecule has 0 fully saturated rings. The lowest BCUT2D eigenvalue weighted by atomic mass is 9.97. The van der Waals surface area contributed by atoms with Crippen LogP contribution in [0.25, 0.3) is 10.9 Å². The zero-order chi connectivity index (χ0) is 11.0. The van der Waals surface area contributed by atoms with Gasteiger partial charge in [0.15, 0.2) is 0 Å². The van der Waals surface area contributed by atoms with Crippen molar-refractivity contribution < 1.29 is 0 Å². The first-order valence-electron chi connectivity index (χ1n) is 4.93. The van der Waals surface area contributed by atoms with E-state index in [-0.39, 0.29) is 0 Å². The minimum Gasteiger partial charge on any atom is -0.397 e. The van der Waals surface area contributed by atoms with Crippen molar-refractivity contribution in [3.63, 3.8) is 0 Å². The van der Waals surface area contributed by atoms with E-state index in [1.165, 1.54) is 5.56 Å². The minimum atomic E-state index is 0.414. The Morgan fingerprint density at radius 3 is 2.73 bits per heavy atom. The molecule has 15 heavy (non-hydrogen) atoms. The normalized spacial score (nSPS) is 11.2. The smallest absolute Gasteiger partial charge is 0.0717 e. The fraction of sp³-hybridized carbons (Fsp3) is 0.250. The molecule has 0 saturated carbocycles. The van der Waals surface area contributed by atoms with Crippen molar-refractivity contribution in [1.29, 1.82) is 0 Å². The minimum absolute atomic E-state index is 0.414. The van der Waals surface area contributed by atoms with Crippen LogP contribution in [0.4, 0.5) is 5.69 Å². The molecule has 0 unspecified atom stereocenters. The van der Waals surface area contributed by atoms with Crippen LogP contribution >= 0.6 is 15.9 Å². The molecule has 0 aliphatic carbocycles. The molecule has 0 aliphatic rings. The Morgan fingerprint density at radius 2 is 2.07 bits per heavy atom. The largest absolute Gasteiger partial charge is 0.397 e. The van der Waals surface area contributed by atoms with Crippen LogP contribution < -0.4 is 5.73 Å². The van der Waals surface area contributed by atoms with Gasteiger partial charge in [-0.05, 0) is 23.6 Å². The summed E-state index contributed by atoms with van der Waals surface area (Å²) in [6.07, 6.45) is 1.74. The summed E-state index contributed by atoms with van der Waals surface area (Å²) in [5, 5.41) is 1.15. The molecule has 2 rings (SSSR count). The summed E-state index contributed by atoms with van der Waals surface area (Å²) in [6, 6.07) is 6.11. The fourth-order valence-corrected chi connectivity index (χ4v) is 2.20. The predicted octanol–water partition coefficient (Wildman–Crippen LogP) is 3.70. The Hall–Kier alpha value is -1.09. The summed E-state index contributed by atoms with van der Waals surface area (Å²) in [5.74, 6) is 0.414. The quantitative estimate of drug-likeness (QED) is 0.853. The maximum Gasteiger partial charge on any atom is 0.0717 e. The number of halogens is 1. The van der Waals surface area contributed by atoms with Crippen LogP contribution in [0.1, 0.15) is 25.3 Å². The third kappa shape index (κ3) is 1.84. The third-order valence-corrected chi connectivity index (χ3v) is 2.97. The van der Waals surface area contributed by atoms with Gasteiger partial charge in [-0.1, -0.05) is 35.8 Å². The van der Waals surface area contributed by atoms with Crippen LogP contribution in [0, 0.1) is 0 Å². The second-order valence-corrected chi connectivity index (χ2v) is 4.86. The molecule has 78 valence electrons. The molecule has 0 aliphatic heterocycles. The van der Waals surface area contributed by atoms with Crippen LogP contribution in [0.2, 0.25) is 0 Å². The van der Waals surface area contributed by atoms with E-state index in [1.807, 2.05) is 12.1 Å².